The summed E-state index contributed by atoms with van der Waals surface area (Å²) < 4.78 is 14.4. The third-order valence-electron chi connectivity index (χ3n) is 4.75. The van der Waals surface area contributed by atoms with E-state index in [1.807, 2.05) is 13.1 Å². The second-order valence-corrected chi connectivity index (χ2v) is 6.40. The maximum Gasteiger partial charge on any atom is 0.128 e. The number of halogens is 1. The highest BCUT2D eigenvalue weighted by Crippen LogP contribution is 2.43. The molecule has 1 N–H and O–H groups in total. The van der Waals surface area contributed by atoms with Gasteiger partial charge in [-0.2, -0.15) is 0 Å². The summed E-state index contributed by atoms with van der Waals surface area (Å²) in [6, 6.07) is 6.52. The smallest absolute Gasteiger partial charge is 0.128 e. The molecule has 2 nitrogen and oxygen atoms in total. The predicted octanol–water partition coefficient (Wildman–Crippen LogP) is 3.27. The molecule has 0 bridgehead atoms. The van der Waals surface area contributed by atoms with Crippen LogP contribution in [0.5, 0.6) is 0 Å². The van der Waals surface area contributed by atoms with Gasteiger partial charge >= 0.3 is 0 Å². The van der Waals surface area contributed by atoms with E-state index in [4.69, 9.17) is 0 Å². The van der Waals surface area contributed by atoms with Gasteiger partial charge in [-0.15, -0.1) is 0 Å². The van der Waals surface area contributed by atoms with Crippen LogP contribution in [0.25, 0.3) is 0 Å². The van der Waals surface area contributed by atoms with Crippen LogP contribution in [0.3, 0.4) is 0 Å². The molecular weight excluding hydrogens is 251 g/mol. The molecule has 2 fully saturated rings. The van der Waals surface area contributed by atoms with E-state index < -0.39 is 0 Å². The number of rotatable bonds is 4. The van der Waals surface area contributed by atoms with E-state index in [-0.39, 0.29) is 11.9 Å². The monoisotopic (exact) mass is 276 g/mol. The molecule has 1 heterocycles. The Morgan fingerprint density at radius 2 is 2.10 bits per heavy atom. The van der Waals surface area contributed by atoms with E-state index in [2.05, 4.69) is 23.2 Å². The van der Waals surface area contributed by atoms with Gasteiger partial charge < -0.3 is 5.32 Å². The molecule has 0 aromatic heterocycles. The zero-order valence-electron chi connectivity index (χ0n) is 12.5. The largest absolute Gasteiger partial charge is 0.319 e. The van der Waals surface area contributed by atoms with Crippen molar-refractivity contribution in [1.29, 1.82) is 0 Å². The van der Waals surface area contributed by atoms with Crippen molar-refractivity contribution in [3.05, 3.63) is 35.1 Å². The summed E-state index contributed by atoms with van der Waals surface area (Å²) >= 11 is 0. The molecule has 2 aliphatic rings. The van der Waals surface area contributed by atoms with Crippen molar-refractivity contribution in [2.24, 2.45) is 5.92 Å². The van der Waals surface area contributed by atoms with E-state index in [0.717, 1.165) is 24.2 Å². The predicted molar refractivity (Wildman–Crippen MR) is 80.3 cm³/mol. The number of hydrogen-bond donors (Lipinski definition) is 1. The van der Waals surface area contributed by atoms with E-state index >= 15 is 0 Å². The second kappa shape index (κ2) is 5.82. The summed E-state index contributed by atoms with van der Waals surface area (Å²) in [5, 5.41) is 3.30. The van der Waals surface area contributed by atoms with Crippen molar-refractivity contribution in [2.75, 3.05) is 20.1 Å². The fraction of sp³-hybridized carbons (Fsp3) is 0.647. The average Bonchev–Trinajstić information content (AvgIpc) is 3.26. The highest BCUT2D eigenvalue weighted by atomic mass is 19.1. The Bertz CT molecular complexity index is 468. The Kier molecular flexibility index (Phi) is 4.08. The molecule has 2 atom stereocenters. The van der Waals surface area contributed by atoms with Gasteiger partial charge in [0, 0.05) is 17.6 Å². The van der Waals surface area contributed by atoms with Gasteiger partial charge in [0.05, 0.1) is 0 Å². The first-order valence-electron chi connectivity index (χ1n) is 7.87. The van der Waals surface area contributed by atoms with Crippen molar-refractivity contribution >= 4 is 0 Å². The van der Waals surface area contributed by atoms with Gasteiger partial charge in [-0.1, -0.05) is 17.7 Å². The molecule has 1 aliphatic heterocycles. The van der Waals surface area contributed by atoms with Crippen LogP contribution in [0.15, 0.2) is 18.2 Å². The first kappa shape index (κ1) is 14.0. The minimum atomic E-state index is -0.0331. The standard InChI is InChI=1S/C17H25FN2/c1-12-5-8-16(18)15(10-12)17-13(11-19-2)4-3-9-20(17)14-6-7-14/h5,8,10,13-14,17,19H,3-4,6-7,9,11H2,1-2H3. The summed E-state index contributed by atoms with van der Waals surface area (Å²) in [6.45, 7) is 4.16. The highest BCUT2D eigenvalue weighted by Gasteiger charge is 2.41. The van der Waals surface area contributed by atoms with Crippen LogP contribution in [0, 0.1) is 18.7 Å². The van der Waals surface area contributed by atoms with Gasteiger partial charge in [-0.05, 0) is 64.7 Å². The first-order valence-corrected chi connectivity index (χ1v) is 7.87. The topological polar surface area (TPSA) is 15.3 Å². The number of hydrogen-bond acceptors (Lipinski definition) is 2. The van der Waals surface area contributed by atoms with E-state index in [1.54, 1.807) is 6.07 Å². The van der Waals surface area contributed by atoms with E-state index in [1.165, 1.54) is 25.7 Å². The SMILES string of the molecule is CNCC1CCCN(C2CC2)C1c1cc(C)ccc1F. The molecule has 1 aliphatic carbocycles. The maximum absolute atomic E-state index is 14.4. The number of nitrogens with one attached hydrogen (secondary N) is 1. The fourth-order valence-electron chi connectivity index (χ4n) is 3.72. The number of nitrogens with zero attached hydrogens (tertiary/aromatic N) is 1. The molecule has 0 radical (unpaired) electrons. The van der Waals surface area contributed by atoms with E-state index in [0.29, 0.717) is 12.0 Å². The van der Waals surface area contributed by atoms with Crippen molar-refractivity contribution in [2.45, 2.75) is 44.7 Å². The number of benzene rings is 1. The van der Waals surface area contributed by atoms with Gasteiger partial charge in [0.1, 0.15) is 5.82 Å². The summed E-state index contributed by atoms with van der Waals surface area (Å²) in [6.07, 6.45) is 5.02. The quantitative estimate of drug-likeness (QED) is 0.908. The summed E-state index contributed by atoms with van der Waals surface area (Å²) in [5.74, 6) is 0.486. The molecule has 20 heavy (non-hydrogen) atoms. The molecule has 0 amide bonds. The summed E-state index contributed by atoms with van der Waals surface area (Å²) in [5.41, 5.74) is 2.07. The normalized spacial score (nSPS) is 27.8. The van der Waals surface area contributed by atoms with Crippen molar-refractivity contribution in [3.8, 4) is 0 Å². The molecular formula is C17H25FN2. The Morgan fingerprint density at radius 3 is 2.80 bits per heavy atom. The number of aryl methyl sites for hydroxylation is 1. The fourth-order valence-corrected chi connectivity index (χ4v) is 3.72. The minimum Gasteiger partial charge on any atom is -0.319 e. The highest BCUT2D eigenvalue weighted by molar-refractivity contribution is 5.28. The third-order valence-corrected chi connectivity index (χ3v) is 4.75. The Labute approximate surface area is 121 Å². The molecule has 1 saturated heterocycles. The molecule has 3 heteroatoms. The van der Waals surface area contributed by atoms with Gasteiger partial charge in [0.25, 0.3) is 0 Å². The van der Waals surface area contributed by atoms with Gasteiger partial charge in [-0.25, -0.2) is 4.39 Å². The lowest BCUT2D eigenvalue weighted by atomic mass is 9.83. The lowest BCUT2D eigenvalue weighted by Crippen LogP contribution is -2.43. The Balaban J connectivity index is 1.95. The third kappa shape index (κ3) is 2.75. The van der Waals surface area contributed by atoms with Gasteiger partial charge in [0.2, 0.25) is 0 Å². The Morgan fingerprint density at radius 1 is 1.30 bits per heavy atom. The molecule has 0 spiro atoms. The second-order valence-electron chi connectivity index (χ2n) is 6.40. The maximum atomic E-state index is 14.4. The van der Waals surface area contributed by atoms with Gasteiger partial charge in [0.15, 0.2) is 0 Å². The Hall–Kier alpha value is -0.930. The first-order chi connectivity index (χ1) is 9.70. The lowest BCUT2D eigenvalue weighted by Gasteiger charge is -2.42. The van der Waals surface area contributed by atoms with Gasteiger partial charge in [-0.3, -0.25) is 4.90 Å². The number of piperidine rings is 1. The zero-order chi connectivity index (χ0) is 14.1. The average molecular weight is 276 g/mol. The molecule has 1 aromatic carbocycles. The molecule has 2 unspecified atom stereocenters. The van der Waals surface area contributed by atoms with E-state index in [9.17, 15) is 4.39 Å². The van der Waals surface area contributed by atoms with Crippen LogP contribution in [0.1, 0.15) is 42.9 Å². The van der Waals surface area contributed by atoms with Crippen LogP contribution in [-0.4, -0.2) is 31.1 Å². The van der Waals surface area contributed by atoms with Crippen LogP contribution in [0.4, 0.5) is 4.39 Å². The van der Waals surface area contributed by atoms with Crippen molar-refractivity contribution < 1.29 is 4.39 Å². The molecule has 110 valence electrons. The summed E-state index contributed by atoms with van der Waals surface area (Å²) in [7, 11) is 2.00. The lowest BCUT2D eigenvalue weighted by molar-refractivity contribution is 0.0819. The van der Waals surface area contributed by atoms with Crippen molar-refractivity contribution in [1.82, 2.24) is 10.2 Å². The molecule has 1 aromatic rings. The van der Waals surface area contributed by atoms with Crippen LogP contribution < -0.4 is 5.32 Å². The van der Waals surface area contributed by atoms with Crippen molar-refractivity contribution in [3.63, 3.8) is 0 Å². The van der Waals surface area contributed by atoms with Crippen LogP contribution in [0.2, 0.25) is 0 Å². The minimum absolute atomic E-state index is 0.0331. The molecule has 3 rings (SSSR count). The number of likely N-dealkylation sites (tertiary alicyclic amines) is 1. The zero-order valence-corrected chi connectivity index (χ0v) is 12.5. The summed E-state index contributed by atoms with van der Waals surface area (Å²) in [4.78, 5) is 2.57. The van der Waals surface area contributed by atoms with Crippen LogP contribution >= 0.6 is 0 Å². The van der Waals surface area contributed by atoms with Crippen LogP contribution in [-0.2, 0) is 0 Å². The molecule has 1 saturated carbocycles.